The molecule has 1 aromatic rings. The molecule has 0 amide bonds. The van der Waals surface area contributed by atoms with E-state index in [0.717, 1.165) is 24.0 Å². The average Bonchev–Trinajstić information content (AvgIpc) is 2.42. The fourth-order valence-corrected chi connectivity index (χ4v) is 3.10. The molecule has 1 aliphatic rings. The van der Waals surface area contributed by atoms with E-state index in [4.69, 9.17) is 10.5 Å². The minimum absolute atomic E-state index is 0.0356. The van der Waals surface area contributed by atoms with Gasteiger partial charge in [-0.1, -0.05) is 37.5 Å². The van der Waals surface area contributed by atoms with Gasteiger partial charge in [-0.25, -0.2) is 0 Å². The summed E-state index contributed by atoms with van der Waals surface area (Å²) in [6.45, 7) is 1.05. The number of phenolic OH excluding ortho intramolecular Hbond substituents is 1. The van der Waals surface area contributed by atoms with Crippen molar-refractivity contribution in [1.82, 2.24) is 0 Å². The normalized spacial score (nSPS) is 18.8. The molecule has 3 N–H and O–H groups in total. The van der Waals surface area contributed by atoms with Gasteiger partial charge in [-0.3, -0.25) is 0 Å². The van der Waals surface area contributed by atoms with Crippen molar-refractivity contribution in [3.8, 4) is 5.75 Å². The Balaban J connectivity index is 2.38. The van der Waals surface area contributed by atoms with E-state index in [1.807, 2.05) is 18.2 Å². The summed E-state index contributed by atoms with van der Waals surface area (Å²) in [5.41, 5.74) is 7.85. The van der Waals surface area contributed by atoms with E-state index in [2.05, 4.69) is 0 Å². The van der Waals surface area contributed by atoms with Crippen LogP contribution in [0, 0.1) is 0 Å². The molecule has 1 fully saturated rings. The molecule has 18 heavy (non-hydrogen) atoms. The highest BCUT2D eigenvalue weighted by atomic mass is 16.5. The van der Waals surface area contributed by atoms with Crippen LogP contribution < -0.4 is 5.73 Å². The van der Waals surface area contributed by atoms with Gasteiger partial charge >= 0.3 is 0 Å². The van der Waals surface area contributed by atoms with Gasteiger partial charge in [-0.2, -0.15) is 0 Å². The quantitative estimate of drug-likeness (QED) is 0.862. The highest BCUT2D eigenvalue weighted by Gasteiger charge is 2.35. The van der Waals surface area contributed by atoms with E-state index in [1.54, 1.807) is 7.11 Å². The minimum atomic E-state index is -0.0356. The van der Waals surface area contributed by atoms with Crippen LogP contribution in [0.5, 0.6) is 5.75 Å². The second-order valence-electron chi connectivity index (χ2n) is 5.29. The molecular formula is C15H23NO2. The zero-order valence-corrected chi connectivity index (χ0v) is 11.1. The lowest BCUT2D eigenvalue weighted by Gasteiger charge is -2.37. The number of rotatable bonds is 4. The van der Waals surface area contributed by atoms with Crippen molar-refractivity contribution in [2.45, 2.75) is 44.1 Å². The molecule has 1 aromatic carbocycles. The van der Waals surface area contributed by atoms with Gasteiger partial charge in [-0.05, 0) is 12.8 Å². The van der Waals surface area contributed by atoms with Gasteiger partial charge < -0.3 is 15.6 Å². The van der Waals surface area contributed by atoms with Crippen molar-refractivity contribution < 1.29 is 9.84 Å². The topological polar surface area (TPSA) is 55.5 Å². The van der Waals surface area contributed by atoms with E-state index >= 15 is 0 Å². The third-order valence-corrected chi connectivity index (χ3v) is 4.19. The maximum Gasteiger partial charge on any atom is 0.124 e. The molecule has 1 aliphatic carbocycles. The summed E-state index contributed by atoms with van der Waals surface area (Å²) >= 11 is 0. The predicted octanol–water partition coefficient (Wildman–Crippen LogP) is 2.70. The van der Waals surface area contributed by atoms with E-state index in [1.165, 1.54) is 19.3 Å². The first kappa shape index (κ1) is 13.4. The highest BCUT2D eigenvalue weighted by Crippen LogP contribution is 2.43. The summed E-state index contributed by atoms with van der Waals surface area (Å²) in [6, 6.07) is 5.93. The number of methoxy groups -OCH3 is 1. The third-order valence-electron chi connectivity index (χ3n) is 4.19. The Morgan fingerprint density at radius 2 is 2.00 bits per heavy atom. The molecule has 0 atom stereocenters. The molecule has 0 heterocycles. The first-order chi connectivity index (χ1) is 8.73. The molecule has 3 nitrogen and oxygen atoms in total. The van der Waals surface area contributed by atoms with E-state index in [0.29, 0.717) is 18.9 Å². The van der Waals surface area contributed by atoms with Gasteiger partial charge in [-0.15, -0.1) is 0 Å². The Bertz CT molecular complexity index is 397. The lowest BCUT2D eigenvalue weighted by Crippen LogP contribution is -2.37. The SMILES string of the molecule is COCc1cccc(C2(CN)CCCCC2)c1O. The van der Waals surface area contributed by atoms with Crippen LogP contribution in [0.3, 0.4) is 0 Å². The number of para-hydroxylation sites is 1. The van der Waals surface area contributed by atoms with Gasteiger partial charge in [0, 0.05) is 30.2 Å². The standard InChI is InChI=1S/C15H23NO2/c1-18-10-12-6-5-7-13(14(12)17)15(11-16)8-3-2-4-9-15/h5-7,17H,2-4,8-11,16H2,1H3. The van der Waals surface area contributed by atoms with E-state index in [9.17, 15) is 5.11 Å². The number of ether oxygens (including phenoxy) is 1. The number of phenols is 1. The molecule has 0 spiro atoms. The van der Waals surface area contributed by atoms with E-state index < -0.39 is 0 Å². The lowest BCUT2D eigenvalue weighted by atomic mass is 9.69. The largest absolute Gasteiger partial charge is 0.507 e. The van der Waals surface area contributed by atoms with Crippen molar-refractivity contribution >= 4 is 0 Å². The fourth-order valence-electron chi connectivity index (χ4n) is 3.10. The van der Waals surface area contributed by atoms with Crippen molar-refractivity contribution in [3.05, 3.63) is 29.3 Å². The summed E-state index contributed by atoms with van der Waals surface area (Å²) in [4.78, 5) is 0. The average molecular weight is 249 g/mol. The van der Waals surface area contributed by atoms with Gasteiger partial charge in [0.05, 0.1) is 6.61 Å². The molecule has 0 bridgehead atoms. The van der Waals surface area contributed by atoms with Crippen LogP contribution in [-0.2, 0) is 16.8 Å². The molecule has 2 rings (SSSR count). The van der Waals surface area contributed by atoms with Crippen LogP contribution in [0.4, 0.5) is 0 Å². The molecule has 100 valence electrons. The van der Waals surface area contributed by atoms with Crippen LogP contribution in [-0.4, -0.2) is 18.8 Å². The minimum Gasteiger partial charge on any atom is -0.507 e. The van der Waals surface area contributed by atoms with Crippen molar-refractivity contribution in [3.63, 3.8) is 0 Å². The Morgan fingerprint density at radius 1 is 1.28 bits per heavy atom. The summed E-state index contributed by atoms with van der Waals surface area (Å²) in [5.74, 6) is 0.381. The van der Waals surface area contributed by atoms with Crippen molar-refractivity contribution in [1.29, 1.82) is 0 Å². The smallest absolute Gasteiger partial charge is 0.124 e. The van der Waals surface area contributed by atoms with Crippen molar-refractivity contribution in [2.75, 3.05) is 13.7 Å². The van der Waals surface area contributed by atoms with Gasteiger partial charge in [0.15, 0.2) is 0 Å². The lowest BCUT2D eigenvalue weighted by molar-refractivity contribution is 0.181. The second-order valence-corrected chi connectivity index (χ2v) is 5.29. The maximum absolute atomic E-state index is 10.4. The van der Waals surface area contributed by atoms with Gasteiger partial charge in [0.2, 0.25) is 0 Å². The summed E-state index contributed by atoms with van der Waals surface area (Å²) in [6.07, 6.45) is 5.83. The van der Waals surface area contributed by atoms with Crippen molar-refractivity contribution in [2.24, 2.45) is 5.73 Å². The van der Waals surface area contributed by atoms with Crippen LogP contribution in [0.15, 0.2) is 18.2 Å². The van der Waals surface area contributed by atoms with Gasteiger partial charge in [0.1, 0.15) is 5.75 Å². The maximum atomic E-state index is 10.4. The molecule has 3 heteroatoms. The molecule has 0 aliphatic heterocycles. The highest BCUT2D eigenvalue weighted by molar-refractivity contribution is 5.45. The Morgan fingerprint density at radius 3 is 2.61 bits per heavy atom. The zero-order valence-electron chi connectivity index (χ0n) is 11.1. The fraction of sp³-hybridized carbons (Fsp3) is 0.600. The van der Waals surface area contributed by atoms with E-state index in [-0.39, 0.29) is 5.41 Å². The molecular weight excluding hydrogens is 226 g/mol. The van der Waals surface area contributed by atoms with Gasteiger partial charge in [0.25, 0.3) is 0 Å². The Labute approximate surface area is 109 Å². The van der Waals surface area contributed by atoms with Crippen LogP contribution >= 0.6 is 0 Å². The molecule has 0 unspecified atom stereocenters. The molecule has 0 aromatic heterocycles. The second kappa shape index (κ2) is 5.72. The summed E-state index contributed by atoms with van der Waals surface area (Å²) in [7, 11) is 1.64. The van der Waals surface area contributed by atoms with Crippen LogP contribution in [0.25, 0.3) is 0 Å². The van der Waals surface area contributed by atoms with Crippen LogP contribution in [0.1, 0.15) is 43.2 Å². The summed E-state index contributed by atoms with van der Waals surface area (Å²) < 4.78 is 5.13. The predicted molar refractivity (Wildman–Crippen MR) is 72.6 cm³/mol. The number of nitrogens with two attached hydrogens (primary N) is 1. The first-order valence-electron chi connectivity index (χ1n) is 6.74. The number of hydrogen-bond acceptors (Lipinski definition) is 3. The summed E-state index contributed by atoms with van der Waals surface area (Å²) in [5, 5.41) is 10.4. The Kier molecular flexibility index (Phi) is 4.25. The molecule has 0 saturated heterocycles. The molecule has 0 radical (unpaired) electrons. The molecule has 1 saturated carbocycles. The third kappa shape index (κ3) is 2.38. The number of benzene rings is 1. The van der Waals surface area contributed by atoms with Crippen LogP contribution in [0.2, 0.25) is 0 Å². The monoisotopic (exact) mass is 249 g/mol. The first-order valence-corrected chi connectivity index (χ1v) is 6.74. The zero-order chi connectivity index (χ0) is 13.0. The number of aromatic hydroxyl groups is 1. The number of hydrogen-bond donors (Lipinski definition) is 2. The Hall–Kier alpha value is -1.06.